The molecule has 1 aliphatic heterocycles. The van der Waals surface area contributed by atoms with Gasteiger partial charge in [0.05, 0.1) is 6.61 Å². The minimum Gasteiger partial charge on any atom is -0.492 e. The number of hydrogen-bond acceptors (Lipinski definition) is 4. The summed E-state index contributed by atoms with van der Waals surface area (Å²) in [5.41, 5.74) is 0.586. The van der Waals surface area contributed by atoms with Gasteiger partial charge in [-0.1, -0.05) is 17.7 Å². The van der Waals surface area contributed by atoms with Gasteiger partial charge in [0.2, 0.25) is 0 Å². The van der Waals surface area contributed by atoms with E-state index in [4.69, 9.17) is 4.74 Å². The Balaban J connectivity index is 2.40. The summed E-state index contributed by atoms with van der Waals surface area (Å²) in [7, 11) is -4.97. The lowest BCUT2D eigenvalue weighted by molar-refractivity contribution is 0.291. The summed E-state index contributed by atoms with van der Waals surface area (Å²) in [6.07, 6.45) is 0. The second-order valence-corrected chi connectivity index (χ2v) is 5.26. The van der Waals surface area contributed by atoms with Gasteiger partial charge in [-0.2, -0.15) is 8.42 Å². The Bertz CT molecular complexity index is 522. The molecule has 0 unspecified atom stereocenters. The van der Waals surface area contributed by atoms with Crippen molar-refractivity contribution in [2.24, 2.45) is 0 Å². The average molecular weight is 246 g/mol. The first-order chi connectivity index (χ1) is 7.28. The predicted molar refractivity (Wildman–Crippen MR) is 55.6 cm³/mol. The number of hydrogen-bond donors (Lipinski definition) is 0. The van der Waals surface area contributed by atoms with E-state index >= 15 is 0 Å². The van der Waals surface area contributed by atoms with Gasteiger partial charge in [-0.15, -0.1) is 0 Å². The fraction of sp³-hybridized carbons (Fsp3) is 0.400. The van der Waals surface area contributed by atoms with Crippen molar-refractivity contribution in [2.75, 3.05) is 6.61 Å². The summed E-state index contributed by atoms with van der Waals surface area (Å²) in [5, 5.41) is 0. The van der Waals surface area contributed by atoms with E-state index in [2.05, 4.69) is 4.18 Å². The van der Waals surface area contributed by atoms with Crippen molar-refractivity contribution in [2.45, 2.75) is 19.3 Å². The highest BCUT2D eigenvalue weighted by Gasteiger charge is 2.32. The van der Waals surface area contributed by atoms with Gasteiger partial charge in [-0.05, 0) is 18.2 Å². The second-order valence-electron chi connectivity index (χ2n) is 4.31. The average Bonchev–Trinajstić information content (AvgIpc) is 2.40. The highest BCUT2D eigenvalue weighted by atomic mass is 32.3. The summed E-state index contributed by atoms with van der Waals surface area (Å²) in [6, 6.07) is 4.42. The zero-order valence-electron chi connectivity index (χ0n) is 8.86. The Hall–Kier alpha value is -1.30. The molecule has 0 spiro atoms. The van der Waals surface area contributed by atoms with E-state index in [0.29, 0.717) is 12.4 Å². The molecule has 0 radical (unpaired) electrons. The third-order valence-corrected chi connectivity index (χ3v) is 2.86. The maximum atomic E-state index is 12.3. The van der Waals surface area contributed by atoms with Crippen LogP contribution in [0, 0.1) is 0 Å². The van der Waals surface area contributed by atoms with Gasteiger partial charge >= 0.3 is 10.5 Å². The van der Waals surface area contributed by atoms with E-state index < -0.39 is 10.5 Å². The van der Waals surface area contributed by atoms with Gasteiger partial charge in [-0.25, -0.2) is 0 Å². The van der Waals surface area contributed by atoms with Crippen molar-refractivity contribution in [3.8, 4) is 11.5 Å². The van der Waals surface area contributed by atoms with Gasteiger partial charge in [0.15, 0.2) is 0 Å². The summed E-state index contributed by atoms with van der Waals surface area (Å²) < 4.78 is 42.6. The van der Waals surface area contributed by atoms with Crippen molar-refractivity contribution in [3.05, 3.63) is 23.8 Å². The Morgan fingerprint density at radius 3 is 2.75 bits per heavy atom. The molecule has 0 amide bonds. The molecule has 1 aromatic carbocycles. The van der Waals surface area contributed by atoms with E-state index in [1.807, 2.05) is 13.8 Å². The van der Waals surface area contributed by atoms with Crippen LogP contribution in [0.3, 0.4) is 0 Å². The molecule has 1 aromatic rings. The minimum atomic E-state index is -4.97. The van der Waals surface area contributed by atoms with Gasteiger partial charge in [0.25, 0.3) is 0 Å². The second kappa shape index (κ2) is 3.35. The van der Waals surface area contributed by atoms with Crippen molar-refractivity contribution in [1.29, 1.82) is 0 Å². The summed E-state index contributed by atoms with van der Waals surface area (Å²) in [4.78, 5) is 0. The molecular weight excluding hydrogens is 235 g/mol. The number of ether oxygens (including phenoxy) is 1. The van der Waals surface area contributed by atoms with Crippen LogP contribution in [0.1, 0.15) is 19.4 Å². The normalized spacial score (nSPS) is 17.7. The standard InChI is InChI=1S/C10H11FO4S/c1-10(2)6-14-9-4-3-7(5-8(9)10)15-16(11,12)13/h3-5H,6H2,1-2H3. The summed E-state index contributed by atoms with van der Waals surface area (Å²) >= 11 is 0. The van der Waals surface area contributed by atoms with Crippen molar-refractivity contribution in [1.82, 2.24) is 0 Å². The molecule has 1 aliphatic rings. The molecule has 16 heavy (non-hydrogen) atoms. The van der Waals surface area contributed by atoms with Crippen molar-refractivity contribution >= 4 is 10.5 Å². The molecule has 0 aliphatic carbocycles. The number of fused-ring (bicyclic) bond motifs is 1. The number of rotatable bonds is 2. The lowest BCUT2D eigenvalue weighted by Gasteiger charge is -2.15. The largest absolute Gasteiger partial charge is 0.492 e. The first-order valence-corrected chi connectivity index (χ1v) is 6.00. The monoisotopic (exact) mass is 246 g/mol. The SMILES string of the molecule is CC1(C)COc2ccc(OS(=O)(=O)F)cc21. The van der Waals surface area contributed by atoms with E-state index in [9.17, 15) is 12.3 Å². The lowest BCUT2D eigenvalue weighted by atomic mass is 9.87. The quantitative estimate of drug-likeness (QED) is 0.748. The fourth-order valence-electron chi connectivity index (χ4n) is 1.67. The topological polar surface area (TPSA) is 52.6 Å². The van der Waals surface area contributed by atoms with Crippen LogP contribution in [0.2, 0.25) is 0 Å². The summed E-state index contributed by atoms with van der Waals surface area (Å²) in [6.45, 7) is 4.41. The van der Waals surface area contributed by atoms with Crippen LogP contribution < -0.4 is 8.92 Å². The van der Waals surface area contributed by atoms with E-state index in [-0.39, 0.29) is 11.2 Å². The molecule has 0 saturated heterocycles. The molecule has 0 N–H and O–H groups in total. The van der Waals surface area contributed by atoms with Crippen LogP contribution in [0.25, 0.3) is 0 Å². The minimum absolute atomic E-state index is 0.0418. The van der Waals surface area contributed by atoms with Crippen molar-refractivity contribution < 1.29 is 21.2 Å². The van der Waals surface area contributed by atoms with Crippen LogP contribution >= 0.6 is 0 Å². The highest BCUT2D eigenvalue weighted by molar-refractivity contribution is 7.81. The molecule has 88 valence electrons. The Labute approximate surface area is 93.4 Å². The molecule has 6 heteroatoms. The zero-order chi connectivity index (χ0) is 12.0. The first-order valence-electron chi connectivity index (χ1n) is 4.69. The van der Waals surface area contributed by atoms with E-state index in [1.165, 1.54) is 12.1 Å². The van der Waals surface area contributed by atoms with Gasteiger partial charge in [-0.3, -0.25) is 0 Å². The molecule has 0 fully saturated rings. The zero-order valence-corrected chi connectivity index (χ0v) is 9.67. The maximum absolute atomic E-state index is 12.3. The Morgan fingerprint density at radius 2 is 2.12 bits per heavy atom. The van der Waals surface area contributed by atoms with Crippen LogP contribution in [-0.4, -0.2) is 15.0 Å². The summed E-state index contributed by atoms with van der Waals surface area (Å²) in [5.74, 6) is 0.633. The molecule has 1 heterocycles. The number of halogens is 1. The van der Waals surface area contributed by atoms with Gasteiger partial charge in [0, 0.05) is 11.0 Å². The molecule has 2 rings (SSSR count). The third kappa shape index (κ3) is 2.11. The lowest BCUT2D eigenvalue weighted by Crippen LogP contribution is -2.18. The number of benzene rings is 1. The van der Waals surface area contributed by atoms with Crippen LogP contribution in [0.4, 0.5) is 3.89 Å². The smallest absolute Gasteiger partial charge is 0.488 e. The molecule has 0 atom stereocenters. The third-order valence-electron chi connectivity index (χ3n) is 2.46. The Morgan fingerprint density at radius 1 is 1.44 bits per heavy atom. The maximum Gasteiger partial charge on any atom is 0.488 e. The first kappa shape index (κ1) is 11.2. The predicted octanol–water partition coefficient (Wildman–Crippen LogP) is 1.95. The van der Waals surface area contributed by atoms with Crippen LogP contribution in [-0.2, 0) is 15.9 Å². The van der Waals surface area contributed by atoms with Crippen LogP contribution in [0.5, 0.6) is 11.5 Å². The molecular formula is C10H11FO4S. The van der Waals surface area contributed by atoms with Gasteiger partial charge in [0.1, 0.15) is 11.5 Å². The van der Waals surface area contributed by atoms with E-state index in [0.717, 1.165) is 5.56 Å². The highest BCUT2D eigenvalue weighted by Crippen LogP contribution is 2.40. The van der Waals surface area contributed by atoms with Crippen LogP contribution in [0.15, 0.2) is 18.2 Å². The molecule has 0 saturated carbocycles. The van der Waals surface area contributed by atoms with Crippen molar-refractivity contribution in [3.63, 3.8) is 0 Å². The fourth-order valence-corrected chi connectivity index (χ4v) is 2.00. The van der Waals surface area contributed by atoms with E-state index in [1.54, 1.807) is 6.07 Å². The van der Waals surface area contributed by atoms with Gasteiger partial charge < -0.3 is 8.92 Å². The molecule has 4 nitrogen and oxygen atoms in total. The molecule has 0 bridgehead atoms. The molecule has 0 aromatic heterocycles. The Kier molecular flexibility index (Phi) is 2.34.